The van der Waals surface area contributed by atoms with Gasteiger partial charge in [0.25, 0.3) is 12.4 Å². The minimum atomic E-state index is -0.0159. The van der Waals surface area contributed by atoms with Crippen LogP contribution < -0.4 is 5.32 Å². The van der Waals surface area contributed by atoms with Gasteiger partial charge in [-0.1, -0.05) is 24.3 Å². The molecule has 9 nitrogen and oxygen atoms in total. The Morgan fingerprint density at radius 3 is 2.35 bits per heavy atom. The van der Waals surface area contributed by atoms with E-state index in [1.807, 2.05) is 53.4 Å². The van der Waals surface area contributed by atoms with Gasteiger partial charge < -0.3 is 29.6 Å². The van der Waals surface area contributed by atoms with Crippen molar-refractivity contribution in [2.75, 3.05) is 39.8 Å². The number of hydrogen-bond acceptors (Lipinski definition) is 8. The molecule has 40 heavy (non-hydrogen) atoms. The molecule has 9 heteroatoms. The van der Waals surface area contributed by atoms with Gasteiger partial charge in [0.15, 0.2) is 0 Å². The summed E-state index contributed by atoms with van der Waals surface area (Å²) in [6.45, 7) is 8.27. The molecule has 2 fully saturated rings. The number of furan rings is 1. The molecule has 5 rings (SSSR count). The van der Waals surface area contributed by atoms with E-state index >= 15 is 0 Å². The number of benzene rings is 2. The molecule has 2 saturated heterocycles. The predicted octanol–water partition coefficient (Wildman–Crippen LogP) is 3.57. The van der Waals surface area contributed by atoms with Gasteiger partial charge in [-0.3, -0.25) is 14.5 Å². The van der Waals surface area contributed by atoms with Gasteiger partial charge >= 0.3 is 0 Å². The first kappa shape index (κ1) is 30.9. The lowest BCUT2D eigenvalue weighted by Gasteiger charge is -2.31. The van der Waals surface area contributed by atoms with Crippen LogP contribution in [0.1, 0.15) is 52.8 Å². The Bertz CT molecular complexity index is 1190. The summed E-state index contributed by atoms with van der Waals surface area (Å²) in [5.74, 6) is 1.99. The molecule has 216 valence electrons. The van der Waals surface area contributed by atoms with Crippen molar-refractivity contribution in [3.8, 4) is 5.75 Å². The Morgan fingerprint density at radius 2 is 1.73 bits per heavy atom. The molecule has 0 spiro atoms. The molecule has 0 aliphatic carbocycles. The first-order valence-corrected chi connectivity index (χ1v) is 13.7. The number of carbonyl (C=O) groups is 2. The van der Waals surface area contributed by atoms with Gasteiger partial charge in [0, 0.05) is 44.3 Å². The van der Waals surface area contributed by atoms with Crippen molar-refractivity contribution in [1.29, 1.82) is 0 Å². The maximum Gasteiger partial charge on any atom is 0.292 e. The summed E-state index contributed by atoms with van der Waals surface area (Å²) in [5.41, 5.74) is 2.89. The summed E-state index contributed by atoms with van der Waals surface area (Å²) >= 11 is 0. The number of ether oxygens (including phenoxy) is 1. The van der Waals surface area contributed by atoms with Gasteiger partial charge in [-0.05, 0) is 73.7 Å². The van der Waals surface area contributed by atoms with Crippen molar-refractivity contribution < 1.29 is 29.0 Å². The highest BCUT2D eigenvalue weighted by atomic mass is 16.5. The first-order chi connectivity index (χ1) is 19.4. The minimum absolute atomic E-state index is 0.0159. The Kier molecular flexibility index (Phi) is 12.7. The SMILES string of the molecule is CC1CN(Cc2ccc(CO)o2)CCN1.COC=O.O=C(c1cccc(Cc2cccc(O)c2)c1)N1CCCC1. The number of aliphatic hydroxyl groups excluding tert-OH is 1. The Labute approximate surface area is 236 Å². The van der Waals surface area contributed by atoms with E-state index < -0.39 is 0 Å². The molecule has 1 aromatic heterocycles. The van der Waals surface area contributed by atoms with Crippen LogP contribution >= 0.6 is 0 Å². The average molecular weight is 552 g/mol. The maximum atomic E-state index is 12.4. The fourth-order valence-electron chi connectivity index (χ4n) is 4.79. The van der Waals surface area contributed by atoms with Gasteiger partial charge in [0.05, 0.1) is 13.7 Å². The number of piperazine rings is 1. The Morgan fingerprint density at radius 1 is 1.05 bits per heavy atom. The standard InChI is InChI=1S/C18H19NO2.C11H18N2O2.C2H4O2/c20-17-8-4-6-15(13-17)11-14-5-3-7-16(12-14)18(21)19-9-1-2-10-19;1-9-6-13(5-4-12-9)7-10-2-3-11(8-14)15-10;1-4-2-3/h3-8,12-13,20H,1-2,9-11H2;2-3,9,12,14H,4-8H2,1H3;2H,1H3. The highest BCUT2D eigenvalue weighted by Crippen LogP contribution is 2.18. The second-order valence-electron chi connectivity index (χ2n) is 9.99. The molecule has 0 saturated carbocycles. The van der Waals surface area contributed by atoms with Gasteiger partial charge in [-0.25, -0.2) is 0 Å². The molecule has 2 aromatic carbocycles. The molecule has 1 unspecified atom stereocenters. The molecule has 1 atom stereocenters. The predicted molar refractivity (Wildman–Crippen MR) is 153 cm³/mol. The van der Waals surface area contributed by atoms with Crippen LogP contribution in [-0.2, 0) is 29.1 Å². The number of phenolic OH excluding ortho intramolecular Hbond substituents is 1. The lowest BCUT2D eigenvalue weighted by Crippen LogP contribution is -2.48. The van der Waals surface area contributed by atoms with Crippen molar-refractivity contribution in [2.24, 2.45) is 0 Å². The number of amides is 1. The normalized spacial score (nSPS) is 16.8. The second kappa shape index (κ2) is 16.4. The molecule has 3 aromatic rings. The van der Waals surface area contributed by atoms with E-state index in [0.717, 1.165) is 81.0 Å². The van der Waals surface area contributed by atoms with Gasteiger partial charge in [0.1, 0.15) is 23.9 Å². The summed E-state index contributed by atoms with van der Waals surface area (Å²) in [6.07, 6.45) is 2.93. The summed E-state index contributed by atoms with van der Waals surface area (Å²) < 4.78 is 9.32. The topological polar surface area (TPSA) is 115 Å². The zero-order valence-corrected chi connectivity index (χ0v) is 23.4. The summed E-state index contributed by atoms with van der Waals surface area (Å²) in [5, 5.41) is 21.8. The summed E-state index contributed by atoms with van der Waals surface area (Å²) in [6, 6.07) is 19.4. The van der Waals surface area contributed by atoms with E-state index in [4.69, 9.17) is 14.3 Å². The van der Waals surface area contributed by atoms with Crippen molar-refractivity contribution in [3.05, 3.63) is 88.9 Å². The number of nitrogens with one attached hydrogen (secondary N) is 1. The molecule has 0 bridgehead atoms. The van der Waals surface area contributed by atoms with Gasteiger partial charge in [-0.15, -0.1) is 0 Å². The molecule has 2 aliphatic heterocycles. The molecule has 3 N–H and O–H groups in total. The number of carbonyl (C=O) groups excluding carboxylic acids is 2. The van der Waals surface area contributed by atoms with E-state index in [1.54, 1.807) is 12.1 Å². The smallest absolute Gasteiger partial charge is 0.292 e. The van der Waals surface area contributed by atoms with Crippen molar-refractivity contribution >= 4 is 12.4 Å². The van der Waals surface area contributed by atoms with E-state index in [2.05, 4.69) is 21.9 Å². The molecule has 3 heterocycles. The highest BCUT2D eigenvalue weighted by Gasteiger charge is 2.19. The van der Waals surface area contributed by atoms with E-state index in [-0.39, 0.29) is 18.3 Å². The third-order valence-electron chi connectivity index (χ3n) is 6.69. The van der Waals surface area contributed by atoms with Gasteiger partial charge in [-0.2, -0.15) is 0 Å². The number of aromatic hydroxyl groups is 1. The van der Waals surface area contributed by atoms with E-state index in [1.165, 1.54) is 7.11 Å². The van der Waals surface area contributed by atoms with Crippen LogP contribution in [0.4, 0.5) is 0 Å². The number of nitrogens with zero attached hydrogens (tertiary/aromatic N) is 2. The second-order valence-corrected chi connectivity index (χ2v) is 9.99. The zero-order chi connectivity index (χ0) is 28.7. The largest absolute Gasteiger partial charge is 0.508 e. The van der Waals surface area contributed by atoms with Crippen LogP contribution in [0, 0.1) is 0 Å². The Hall–Kier alpha value is -3.66. The highest BCUT2D eigenvalue weighted by molar-refractivity contribution is 5.94. The summed E-state index contributed by atoms with van der Waals surface area (Å²) in [4.78, 5) is 25.6. The minimum Gasteiger partial charge on any atom is -0.508 e. The monoisotopic (exact) mass is 551 g/mol. The van der Waals surface area contributed by atoms with Crippen LogP contribution in [0.3, 0.4) is 0 Å². The fourth-order valence-corrected chi connectivity index (χ4v) is 4.79. The molecular weight excluding hydrogens is 510 g/mol. The van der Waals surface area contributed by atoms with Crippen LogP contribution in [0.15, 0.2) is 65.1 Å². The third-order valence-corrected chi connectivity index (χ3v) is 6.69. The van der Waals surface area contributed by atoms with Crippen molar-refractivity contribution in [2.45, 2.75) is 45.4 Å². The van der Waals surface area contributed by atoms with Crippen LogP contribution in [0.5, 0.6) is 5.75 Å². The Balaban J connectivity index is 0.000000203. The zero-order valence-electron chi connectivity index (χ0n) is 23.4. The van der Waals surface area contributed by atoms with Crippen molar-refractivity contribution in [1.82, 2.24) is 15.1 Å². The lowest BCUT2D eigenvalue weighted by atomic mass is 10.0. The number of hydrogen-bond donors (Lipinski definition) is 3. The van der Waals surface area contributed by atoms with E-state index in [9.17, 15) is 9.90 Å². The van der Waals surface area contributed by atoms with Crippen LogP contribution in [0.25, 0.3) is 0 Å². The molecule has 0 radical (unpaired) electrons. The lowest BCUT2D eigenvalue weighted by molar-refractivity contribution is -0.126. The van der Waals surface area contributed by atoms with Gasteiger partial charge in [0.2, 0.25) is 0 Å². The number of phenols is 1. The quantitative estimate of drug-likeness (QED) is 0.382. The number of methoxy groups -OCH3 is 1. The number of aliphatic hydroxyl groups is 1. The summed E-state index contributed by atoms with van der Waals surface area (Å²) in [7, 11) is 1.31. The maximum absolute atomic E-state index is 12.4. The molecule has 1 amide bonds. The fraction of sp³-hybridized carbons (Fsp3) is 0.419. The molecular formula is C31H41N3O6. The first-order valence-electron chi connectivity index (χ1n) is 13.7. The van der Waals surface area contributed by atoms with E-state index in [0.29, 0.717) is 18.3 Å². The van der Waals surface area contributed by atoms with Crippen molar-refractivity contribution in [3.63, 3.8) is 0 Å². The third kappa shape index (κ3) is 10.1. The average Bonchev–Trinajstić information content (AvgIpc) is 3.66. The number of likely N-dealkylation sites (tertiary alicyclic amines) is 1. The van der Waals surface area contributed by atoms with Crippen LogP contribution in [-0.4, -0.2) is 78.3 Å². The van der Waals surface area contributed by atoms with Crippen LogP contribution in [0.2, 0.25) is 0 Å². The molecule has 2 aliphatic rings. The number of rotatable bonds is 7.